The molecule has 4 nitrogen and oxygen atoms in total. The van der Waals surface area contributed by atoms with Crippen molar-refractivity contribution in [3.05, 3.63) is 77.3 Å². The van der Waals surface area contributed by atoms with E-state index < -0.39 is 0 Å². The fourth-order valence-electron chi connectivity index (χ4n) is 3.25. The first kappa shape index (κ1) is 17.4. The molecule has 136 valence electrons. The fourth-order valence-corrected chi connectivity index (χ4v) is 3.46. The third-order valence-corrected chi connectivity index (χ3v) is 4.76. The molecule has 0 saturated carbocycles. The smallest absolute Gasteiger partial charge is 0.161 e. The molecule has 1 heterocycles. The Hall–Kier alpha value is -2.98. The lowest BCUT2D eigenvalue weighted by atomic mass is 10.1. The van der Waals surface area contributed by atoms with Gasteiger partial charge in [0.2, 0.25) is 0 Å². The van der Waals surface area contributed by atoms with Crippen LogP contribution in [0.25, 0.3) is 22.4 Å². The second-order valence-electron chi connectivity index (χ2n) is 6.21. The van der Waals surface area contributed by atoms with Gasteiger partial charge in [-0.25, -0.2) is 4.98 Å². The molecule has 0 unspecified atom stereocenters. The predicted octanol–water partition coefficient (Wildman–Crippen LogP) is 5.42. The molecule has 3 aromatic carbocycles. The van der Waals surface area contributed by atoms with Gasteiger partial charge in [-0.05, 0) is 48.0 Å². The van der Waals surface area contributed by atoms with Crippen LogP contribution in [-0.2, 0) is 6.54 Å². The number of hydrogen-bond acceptors (Lipinski definition) is 3. The molecule has 0 aliphatic heterocycles. The Morgan fingerprint density at radius 2 is 1.70 bits per heavy atom. The van der Waals surface area contributed by atoms with Crippen molar-refractivity contribution in [2.45, 2.75) is 6.54 Å². The van der Waals surface area contributed by atoms with Crippen LogP contribution in [0.3, 0.4) is 0 Å². The van der Waals surface area contributed by atoms with Gasteiger partial charge in [0.05, 0.1) is 25.3 Å². The molecule has 0 fully saturated rings. The molecular formula is C22H19ClN2O2. The molecule has 0 radical (unpaired) electrons. The van der Waals surface area contributed by atoms with Crippen molar-refractivity contribution in [3.63, 3.8) is 0 Å². The summed E-state index contributed by atoms with van der Waals surface area (Å²) in [6.45, 7) is 0.671. The van der Waals surface area contributed by atoms with Crippen molar-refractivity contribution in [3.8, 4) is 22.9 Å². The van der Waals surface area contributed by atoms with Gasteiger partial charge in [-0.15, -0.1) is 0 Å². The van der Waals surface area contributed by atoms with Gasteiger partial charge in [0, 0.05) is 17.1 Å². The largest absolute Gasteiger partial charge is 0.493 e. The van der Waals surface area contributed by atoms with Crippen LogP contribution in [0.5, 0.6) is 11.5 Å². The van der Waals surface area contributed by atoms with Crippen molar-refractivity contribution < 1.29 is 9.47 Å². The van der Waals surface area contributed by atoms with E-state index >= 15 is 0 Å². The monoisotopic (exact) mass is 378 g/mol. The first-order chi connectivity index (χ1) is 13.2. The number of para-hydroxylation sites is 2. The van der Waals surface area contributed by atoms with Crippen LogP contribution in [0.2, 0.25) is 5.02 Å². The van der Waals surface area contributed by atoms with Crippen molar-refractivity contribution in [2.75, 3.05) is 14.2 Å². The van der Waals surface area contributed by atoms with E-state index in [-0.39, 0.29) is 0 Å². The molecular weight excluding hydrogens is 360 g/mol. The van der Waals surface area contributed by atoms with Crippen LogP contribution in [0.15, 0.2) is 66.7 Å². The number of methoxy groups -OCH3 is 2. The maximum atomic E-state index is 6.18. The standard InChI is InChI=1S/C22H19ClN2O2/c1-26-20-11-10-16(13-21(20)27-2)22-24-18-8-3-4-9-19(18)25(22)14-15-6-5-7-17(23)12-15/h3-13H,14H2,1-2H3. The maximum absolute atomic E-state index is 6.18. The summed E-state index contributed by atoms with van der Waals surface area (Å²) in [7, 11) is 3.27. The molecule has 0 aliphatic rings. The Kier molecular flexibility index (Phi) is 4.73. The zero-order chi connectivity index (χ0) is 18.8. The second-order valence-corrected chi connectivity index (χ2v) is 6.65. The van der Waals surface area contributed by atoms with E-state index in [9.17, 15) is 0 Å². The molecule has 4 aromatic rings. The lowest BCUT2D eigenvalue weighted by molar-refractivity contribution is 0.355. The van der Waals surface area contributed by atoms with Gasteiger partial charge in [-0.2, -0.15) is 0 Å². The second kappa shape index (κ2) is 7.33. The topological polar surface area (TPSA) is 36.3 Å². The Bertz CT molecular complexity index is 1100. The summed E-state index contributed by atoms with van der Waals surface area (Å²) < 4.78 is 13.0. The average molecular weight is 379 g/mol. The van der Waals surface area contributed by atoms with Crippen LogP contribution in [0.1, 0.15) is 5.56 Å². The summed E-state index contributed by atoms with van der Waals surface area (Å²) in [6, 6.07) is 21.9. The first-order valence-corrected chi connectivity index (χ1v) is 8.99. The van der Waals surface area contributed by atoms with Gasteiger partial charge in [-0.1, -0.05) is 35.9 Å². The third-order valence-electron chi connectivity index (χ3n) is 4.53. The summed E-state index contributed by atoms with van der Waals surface area (Å²) in [6.07, 6.45) is 0. The van der Waals surface area contributed by atoms with Crippen LogP contribution in [-0.4, -0.2) is 23.8 Å². The Balaban J connectivity index is 1.88. The highest BCUT2D eigenvalue weighted by molar-refractivity contribution is 6.30. The van der Waals surface area contributed by atoms with E-state index in [1.807, 2.05) is 54.6 Å². The number of ether oxygens (including phenoxy) is 2. The fraction of sp³-hybridized carbons (Fsp3) is 0.136. The average Bonchev–Trinajstić information content (AvgIpc) is 3.06. The van der Waals surface area contributed by atoms with Gasteiger partial charge in [-0.3, -0.25) is 0 Å². The quantitative estimate of drug-likeness (QED) is 0.465. The van der Waals surface area contributed by atoms with Crippen molar-refractivity contribution in [2.24, 2.45) is 0 Å². The number of fused-ring (bicyclic) bond motifs is 1. The van der Waals surface area contributed by atoms with Crippen molar-refractivity contribution in [1.82, 2.24) is 9.55 Å². The third kappa shape index (κ3) is 3.36. The van der Waals surface area contributed by atoms with E-state index in [1.54, 1.807) is 14.2 Å². The number of aromatic nitrogens is 2. The number of rotatable bonds is 5. The Morgan fingerprint density at radius 3 is 2.48 bits per heavy atom. The molecule has 4 rings (SSSR count). The van der Waals surface area contributed by atoms with Crippen molar-refractivity contribution >= 4 is 22.6 Å². The van der Waals surface area contributed by atoms with E-state index in [1.165, 1.54) is 0 Å². The zero-order valence-electron chi connectivity index (χ0n) is 15.1. The van der Waals surface area contributed by atoms with Gasteiger partial charge < -0.3 is 14.0 Å². The SMILES string of the molecule is COc1ccc(-c2nc3ccccc3n2Cc2cccc(Cl)c2)cc1OC. The molecule has 0 spiro atoms. The molecule has 0 N–H and O–H groups in total. The summed E-state index contributed by atoms with van der Waals surface area (Å²) in [4.78, 5) is 4.87. The van der Waals surface area contributed by atoms with Crippen LogP contribution >= 0.6 is 11.6 Å². The van der Waals surface area contributed by atoms with Gasteiger partial charge >= 0.3 is 0 Å². The van der Waals surface area contributed by atoms with Crippen LogP contribution < -0.4 is 9.47 Å². The number of imidazole rings is 1. The summed E-state index contributed by atoms with van der Waals surface area (Å²) >= 11 is 6.18. The number of benzene rings is 3. The van der Waals surface area contributed by atoms with Gasteiger partial charge in [0.25, 0.3) is 0 Å². The minimum atomic E-state index is 0.671. The molecule has 0 aliphatic carbocycles. The number of halogens is 1. The van der Waals surface area contributed by atoms with Crippen molar-refractivity contribution in [1.29, 1.82) is 0 Å². The molecule has 0 atom stereocenters. The van der Waals surface area contributed by atoms with E-state index in [0.29, 0.717) is 18.0 Å². The molecule has 5 heteroatoms. The Labute approximate surface area is 162 Å². The van der Waals surface area contributed by atoms with Gasteiger partial charge in [0.1, 0.15) is 5.82 Å². The molecule has 0 bridgehead atoms. The van der Waals surface area contributed by atoms with Crippen LogP contribution in [0, 0.1) is 0 Å². The van der Waals surface area contributed by atoms with E-state index in [0.717, 1.165) is 33.0 Å². The number of hydrogen-bond donors (Lipinski definition) is 0. The molecule has 0 saturated heterocycles. The van der Waals surface area contributed by atoms with Crippen LogP contribution in [0.4, 0.5) is 0 Å². The molecule has 27 heavy (non-hydrogen) atoms. The summed E-state index contributed by atoms with van der Waals surface area (Å²) in [5.41, 5.74) is 4.10. The highest BCUT2D eigenvalue weighted by Crippen LogP contribution is 2.33. The van der Waals surface area contributed by atoms with E-state index in [4.69, 9.17) is 26.1 Å². The highest BCUT2D eigenvalue weighted by Gasteiger charge is 2.15. The first-order valence-electron chi connectivity index (χ1n) is 8.61. The highest BCUT2D eigenvalue weighted by atomic mass is 35.5. The lowest BCUT2D eigenvalue weighted by Crippen LogP contribution is -2.02. The van der Waals surface area contributed by atoms with Gasteiger partial charge in [0.15, 0.2) is 11.5 Å². The summed E-state index contributed by atoms with van der Waals surface area (Å²) in [5, 5.41) is 0.726. The zero-order valence-corrected chi connectivity index (χ0v) is 15.9. The normalized spacial score (nSPS) is 10.9. The summed E-state index contributed by atoms with van der Waals surface area (Å²) in [5.74, 6) is 2.24. The number of nitrogens with zero attached hydrogens (tertiary/aromatic N) is 2. The van der Waals surface area contributed by atoms with E-state index in [2.05, 4.69) is 16.7 Å². The molecule has 0 amide bonds. The maximum Gasteiger partial charge on any atom is 0.161 e. The minimum absolute atomic E-state index is 0.671. The predicted molar refractivity (Wildman–Crippen MR) is 109 cm³/mol. The minimum Gasteiger partial charge on any atom is -0.493 e. The molecule has 1 aromatic heterocycles. The Morgan fingerprint density at radius 1 is 0.889 bits per heavy atom. The lowest BCUT2D eigenvalue weighted by Gasteiger charge is -2.12.